The van der Waals surface area contributed by atoms with Gasteiger partial charge in [0.2, 0.25) is 0 Å². The Kier molecular flexibility index (Phi) is 3.10. The summed E-state index contributed by atoms with van der Waals surface area (Å²) in [5.74, 6) is 1.01. The molecule has 0 spiro atoms. The Hall–Kier alpha value is -1.32. The summed E-state index contributed by atoms with van der Waals surface area (Å²) >= 11 is 1.83. The normalized spacial score (nSPS) is 22.3. The van der Waals surface area contributed by atoms with Crippen LogP contribution in [0.25, 0.3) is 0 Å². The summed E-state index contributed by atoms with van der Waals surface area (Å²) in [5.41, 5.74) is 1.27. The van der Waals surface area contributed by atoms with E-state index < -0.39 is 0 Å². The van der Waals surface area contributed by atoms with E-state index in [4.69, 9.17) is 4.74 Å². The van der Waals surface area contributed by atoms with Crippen molar-refractivity contribution >= 4 is 11.3 Å². The fourth-order valence-electron chi connectivity index (χ4n) is 2.49. The smallest absolute Gasteiger partial charge is 0.135 e. The van der Waals surface area contributed by atoms with Gasteiger partial charge in [-0.15, -0.1) is 11.3 Å². The molecule has 2 nitrogen and oxygen atoms in total. The van der Waals surface area contributed by atoms with Gasteiger partial charge in [0.1, 0.15) is 11.9 Å². The first-order chi connectivity index (χ1) is 8.78. The van der Waals surface area contributed by atoms with Crippen LogP contribution < -0.4 is 10.1 Å². The number of aryl methyl sites for hydroxylation is 1. The van der Waals surface area contributed by atoms with Crippen LogP contribution in [-0.2, 0) is 0 Å². The lowest BCUT2D eigenvalue weighted by molar-refractivity contribution is 0.157. The van der Waals surface area contributed by atoms with E-state index in [0.29, 0.717) is 6.04 Å². The van der Waals surface area contributed by atoms with Crippen molar-refractivity contribution in [1.29, 1.82) is 0 Å². The van der Waals surface area contributed by atoms with E-state index in [1.54, 1.807) is 0 Å². The molecule has 1 aromatic heterocycles. The zero-order chi connectivity index (χ0) is 12.5. The Morgan fingerprint density at radius 2 is 2.06 bits per heavy atom. The number of hydrogen-bond acceptors (Lipinski definition) is 3. The highest BCUT2D eigenvalue weighted by atomic mass is 32.1. The van der Waals surface area contributed by atoms with Crippen LogP contribution in [0.2, 0.25) is 0 Å². The molecule has 0 saturated carbocycles. The van der Waals surface area contributed by atoms with Crippen molar-refractivity contribution < 1.29 is 4.74 Å². The number of nitrogens with one attached hydrogen (secondary N) is 1. The van der Waals surface area contributed by atoms with Crippen LogP contribution in [0.1, 0.15) is 33.9 Å². The fourth-order valence-corrected chi connectivity index (χ4v) is 3.41. The number of hydrogen-bond donors (Lipinski definition) is 1. The van der Waals surface area contributed by atoms with E-state index in [1.807, 2.05) is 24.5 Å². The van der Waals surface area contributed by atoms with Crippen LogP contribution in [0, 0.1) is 6.92 Å². The molecular weight excluding hydrogens is 242 g/mol. The molecule has 1 aromatic carbocycles. The third-order valence-electron chi connectivity index (χ3n) is 3.44. The minimum Gasteiger partial charge on any atom is -0.484 e. The van der Waals surface area contributed by atoms with Gasteiger partial charge in [-0.25, -0.2) is 0 Å². The van der Waals surface area contributed by atoms with E-state index in [-0.39, 0.29) is 6.10 Å². The summed E-state index contributed by atoms with van der Waals surface area (Å²) in [5, 5.41) is 3.39. The Bertz CT molecular complexity index is 549. The van der Waals surface area contributed by atoms with Gasteiger partial charge < -0.3 is 10.1 Å². The van der Waals surface area contributed by atoms with E-state index >= 15 is 0 Å². The predicted molar refractivity (Wildman–Crippen MR) is 75.3 cm³/mol. The highest BCUT2D eigenvalue weighted by molar-refractivity contribution is 7.12. The van der Waals surface area contributed by atoms with Crippen LogP contribution in [0.5, 0.6) is 5.75 Å². The van der Waals surface area contributed by atoms with E-state index in [9.17, 15) is 0 Å². The SMILES string of the molecule is CNC1CC(c2ccc(C)s2)Oc2ccccc21. The summed E-state index contributed by atoms with van der Waals surface area (Å²) in [6, 6.07) is 13.0. The molecule has 1 aliphatic heterocycles. The molecule has 0 fully saturated rings. The van der Waals surface area contributed by atoms with E-state index in [2.05, 4.69) is 42.6 Å². The molecule has 94 valence electrons. The summed E-state index contributed by atoms with van der Waals surface area (Å²) in [6.07, 6.45) is 1.17. The number of rotatable bonds is 2. The monoisotopic (exact) mass is 259 g/mol. The quantitative estimate of drug-likeness (QED) is 0.884. The Morgan fingerprint density at radius 3 is 2.78 bits per heavy atom. The minimum absolute atomic E-state index is 0.177. The molecule has 0 bridgehead atoms. The van der Waals surface area contributed by atoms with Crippen LogP contribution in [0.3, 0.4) is 0 Å². The first-order valence-corrected chi connectivity index (χ1v) is 7.09. The Morgan fingerprint density at radius 1 is 1.22 bits per heavy atom. The number of para-hydroxylation sites is 1. The number of benzene rings is 1. The second kappa shape index (κ2) is 4.75. The van der Waals surface area contributed by atoms with Crippen molar-refractivity contribution in [3.8, 4) is 5.75 Å². The highest BCUT2D eigenvalue weighted by Gasteiger charge is 2.28. The van der Waals surface area contributed by atoms with Crippen LogP contribution in [-0.4, -0.2) is 7.05 Å². The Labute approximate surface area is 112 Å². The lowest BCUT2D eigenvalue weighted by atomic mass is 9.96. The molecule has 18 heavy (non-hydrogen) atoms. The van der Waals surface area contributed by atoms with Crippen molar-refractivity contribution in [1.82, 2.24) is 5.32 Å². The minimum atomic E-state index is 0.177. The topological polar surface area (TPSA) is 21.3 Å². The average Bonchev–Trinajstić information content (AvgIpc) is 2.84. The van der Waals surface area contributed by atoms with Crippen molar-refractivity contribution in [2.45, 2.75) is 25.5 Å². The van der Waals surface area contributed by atoms with Gasteiger partial charge in [-0.3, -0.25) is 0 Å². The lowest BCUT2D eigenvalue weighted by Crippen LogP contribution is -2.26. The van der Waals surface area contributed by atoms with Gasteiger partial charge in [-0.1, -0.05) is 18.2 Å². The molecule has 2 unspecified atom stereocenters. The molecule has 0 aliphatic carbocycles. The van der Waals surface area contributed by atoms with Gasteiger partial charge in [0.05, 0.1) is 0 Å². The molecule has 3 heteroatoms. The summed E-state index contributed by atoms with van der Waals surface area (Å²) in [7, 11) is 2.02. The van der Waals surface area contributed by atoms with Gasteiger partial charge in [0.15, 0.2) is 0 Å². The second-order valence-electron chi connectivity index (χ2n) is 4.67. The van der Waals surface area contributed by atoms with Crippen LogP contribution in [0.15, 0.2) is 36.4 Å². The highest BCUT2D eigenvalue weighted by Crippen LogP contribution is 2.41. The summed E-state index contributed by atoms with van der Waals surface area (Å²) in [6.45, 7) is 2.14. The molecule has 2 heterocycles. The lowest BCUT2D eigenvalue weighted by Gasteiger charge is -2.31. The van der Waals surface area contributed by atoms with E-state index in [1.165, 1.54) is 15.3 Å². The van der Waals surface area contributed by atoms with Gasteiger partial charge in [-0.2, -0.15) is 0 Å². The van der Waals surface area contributed by atoms with Crippen molar-refractivity contribution in [3.63, 3.8) is 0 Å². The second-order valence-corrected chi connectivity index (χ2v) is 5.99. The molecule has 0 radical (unpaired) electrons. The van der Waals surface area contributed by atoms with Crippen molar-refractivity contribution in [3.05, 3.63) is 51.7 Å². The predicted octanol–water partition coefficient (Wildman–Crippen LogP) is 3.84. The van der Waals surface area contributed by atoms with Gasteiger partial charge in [0.25, 0.3) is 0 Å². The zero-order valence-corrected chi connectivity index (χ0v) is 11.5. The molecule has 1 aliphatic rings. The maximum absolute atomic E-state index is 6.13. The zero-order valence-electron chi connectivity index (χ0n) is 10.6. The molecule has 0 saturated heterocycles. The largest absolute Gasteiger partial charge is 0.484 e. The Balaban J connectivity index is 1.94. The van der Waals surface area contributed by atoms with Crippen LogP contribution in [0.4, 0.5) is 0 Å². The maximum atomic E-state index is 6.13. The standard InChI is InChI=1S/C15H17NOS/c1-10-7-8-15(18-10)14-9-12(16-2)11-5-3-4-6-13(11)17-14/h3-8,12,14,16H,9H2,1-2H3. The molecule has 0 amide bonds. The fraction of sp³-hybridized carbons (Fsp3) is 0.333. The number of fused-ring (bicyclic) bond motifs is 1. The molecule has 1 N–H and O–H groups in total. The van der Waals surface area contributed by atoms with E-state index in [0.717, 1.165) is 12.2 Å². The summed E-state index contributed by atoms with van der Waals surface area (Å²) < 4.78 is 6.13. The van der Waals surface area contributed by atoms with Gasteiger partial charge in [0, 0.05) is 27.8 Å². The molecule has 3 rings (SSSR count). The van der Waals surface area contributed by atoms with Crippen molar-refractivity contribution in [2.75, 3.05) is 7.05 Å². The van der Waals surface area contributed by atoms with Gasteiger partial charge >= 0.3 is 0 Å². The number of thiophene rings is 1. The third-order valence-corrected chi connectivity index (χ3v) is 4.53. The number of ether oxygens (including phenoxy) is 1. The molecule has 2 aromatic rings. The average molecular weight is 259 g/mol. The first-order valence-electron chi connectivity index (χ1n) is 6.27. The summed E-state index contributed by atoms with van der Waals surface area (Å²) in [4.78, 5) is 2.66. The molecular formula is C15H17NOS. The third kappa shape index (κ3) is 2.04. The molecule has 2 atom stereocenters. The van der Waals surface area contributed by atoms with Gasteiger partial charge in [-0.05, 0) is 32.2 Å². The maximum Gasteiger partial charge on any atom is 0.135 e. The van der Waals surface area contributed by atoms with Crippen molar-refractivity contribution in [2.24, 2.45) is 0 Å². The first kappa shape index (κ1) is 11.8. The van der Waals surface area contributed by atoms with Crippen LogP contribution >= 0.6 is 11.3 Å².